The number of rotatable bonds is 6. The lowest BCUT2D eigenvalue weighted by Gasteiger charge is -2.31. The Bertz CT molecular complexity index is 1060. The van der Waals surface area contributed by atoms with Crippen molar-refractivity contribution < 1.29 is 22.9 Å². The molecule has 0 bridgehead atoms. The van der Waals surface area contributed by atoms with Crippen molar-refractivity contribution in [2.24, 2.45) is 5.92 Å². The second kappa shape index (κ2) is 8.80. The van der Waals surface area contributed by atoms with Gasteiger partial charge in [0.15, 0.2) is 0 Å². The van der Waals surface area contributed by atoms with Gasteiger partial charge in [-0.2, -0.15) is 4.31 Å². The summed E-state index contributed by atoms with van der Waals surface area (Å²) in [6.45, 7) is 2.21. The van der Waals surface area contributed by atoms with Crippen LogP contribution >= 0.6 is 0 Å². The first-order chi connectivity index (χ1) is 14.2. The van der Waals surface area contributed by atoms with Gasteiger partial charge in [0, 0.05) is 36.8 Å². The van der Waals surface area contributed by atoms with Crippen LogP contribution in [-0.2, 0) is 14.8 Å². The first-order valence-corrected chi connectivity index (χ1v) is 10.9. The van der Waals surface area contributed by atoms with E-state index < -0.39 is 14.9 Å². The Hall–Kier alpha value is -2.98. The van der Waals surface area contributed by atoms with Crippen LogP contribution in [0.5, 0.6) is 5.75 Å². The Kier molecular flexibility index (Phi) is 6.37. The minimum Gasteiger partial charge on any atom is -0.495 e. The van der Waals surface area contributed by atoms with Gasteiger partial charge in [-0.15, -0.1) is 0 Å². The number of aryl methyl sites for hydroxylation is 1. The van der Waals surface area contributed by atoms with E-state index >= 15 is 0 Å². The van der Waals surface area contributed by atoms with Crippen molar-refractivity contribution in [2.45, 2.75) is 24.7 Å². The number of hydrogen-bond acceptors (Lipinski definition) is 6. The molecule has 0 aromatic heterocycles. The molecule has 0 spiro atoms. The van der Waals surface area contributed by atoms with Gasteiger partial charge in [-0.1, -0.05) is 12.1 Å². The summed E-state index contributed by atoms with van der Waals surface area (Å²) in [6.07, 6.45) is 0.711. The molecule has 0 atom stereocenters. The zero-order valence-corrected chi connectivity index (χ0v) is 17.5. The topological polar surface area (TPSA) is 119 Å². The summed E-state index contributed by atoms with van der Waals surface area (Å²) < 4.78 is 32.7. The molecule has 1 fully saturated rings. The molecular formula is C20H23N3O6S. The number of sulfonamides is 1. The number of nitro groups is 1. The summed E-state index contributed by atoms with van der Waals surface area (Å²) in [4.78, 5) is 23.0. The number of ether oxygens (including phenoxy) is 1. The number of carbonyl (C=O) groups is 1. The fraction of sp³-hybridized carbons (Fsp3) is 0.350. The molecule has 1 N–H and O–H groups in total. The lowest BCUT2D eigenvalue weighted by atomic mass is 9.97. The lowest BCUT2D eigenvalue weighted by molar-refractivity contribution is -0.384. The van der Waals surface area contributed by atoms with E-state index in [1.54, 1.807) is 24.3 Å². The molecule has 9 nitrogen and oxygen atoms in total. The van der Waals surface area contributed by atoms with E-state index in [9.17, 15) is 23.3 Å². The summed E-state index contributed by atoms with van der Waals surface area (Å²) in [5.41, 5.74) is 1.04. The maximum atomic E-state index is 13.1. The number of methoxy groups -OCH3 is 1. The molecule has 1 aliphatic rings. The van der Waals surface area contributed by atoms with Crippen molar-refractivity contribution in [3.05, 3.63) is 58.1 Å². The first kappa shape index (κ1) is 21.7. The van der Waals surface area contributed by atoms with Crippen molar-refractivity contribution in [1.82, 2.24) is 4.31 Å². The average molecular weight is 433 g/mol. The summed E-state index contributed by atoms with van der Waals surface area (Å²) in [6, 6.07) is 10.7. The molecule has 10 heteroatoms. The number of amides is 1. The molecule has 2 aromatic rings. The van der Waals surface area contributed by atoms with Crippen molar-refractivity contribution in [3.63, 3.8) is 0 Å². The predicted octanol–water partition coefficient (Wildman–Crippen LogP) is 2.95. The number of nitrogens with zero attached hydrogens (tertiary/aromatic N) is 2. The van der Waals surface area contributed by atoms with Gasteiger partial charge in [-0.3, -0.25) is 14.9 Å². The highest BCUT2D eigenvalue weighted by molar-refractivity contribution is 7.89. The third-order valence-corrected chi connectivity index (χ3v) is 7.01. The zero-order chi connectivity index (χ0) is 21.9. The van der Waals surface area contributed by atoms with Gasteiger partial charge in [-0.25, -0.2) is 8.42 Å². The number of hydrogen-bond donors (Lipinski definition) is 1. The highest BCUT2D eigenvalue weighted by Gasteiger charge is 2.33. The summed E-state index contributed by atoms with van der Waals surface area (Å²) in [5.74, 6) is -0.373. The van der Waals surface area contributed by atoms with E-state index in [1.807, 2.05) is 6.92 Å². The fourth-order valence-corrected chi connectivity index (χ4v) is 5.13. The van der Waals surface area contributed by atoms with Gasteiger partial charge in [-0.05, 0) is 43.5 Å². The second-order valence-electron chi connectivity index (χ2n) is 7.13. The van der Waals surface area contributed by atoms with Crippen molar-refractivity contribution in [3.8, 4) is 5.75 Å². The predicted molar refractivity (Wildman–Crippen MR) is 111 cm³/mol. The van der Waals surface area contributed by atoms with E-state index in [4.69, 9.17) is 4.74 Å². The molecule has 0 aliphatic carbocycles. The van der Waals surface area contributed by atoms with Crippen LogP contribution in [0, 0.1) is 23.0 Å². The van der Waals surface area contributed by atoms with Crippen LogP contribution in [0.15, 0.2) is 47.4 Å². The Morgan fingerprint density at radius 2 is 1.90 bits per heavy atom. The third-order valence-electron chi connectivity index (χ3n) is 5.09. The second-order valence-corrected chi connectivity index (χ2v) is 9.04. The maximum Gasteiger partial charge on any atom is 0.271 e. The van der Waals surface area contributed by atoms with Crippen molar-refractivity contribution >= 4 is 27.3 Å². The summed E-state index contributed by atoms with van der Waals surface area (Å²) in [7, 11) is -2.32. The average Bonchev–Trinajstić information content (AvgIpc) is 2.74. The van der Waals surface area contributed by atoms with Crippen LogP contribution in [-0.4, -0.2) is 43.8 Å². The molecule has 160 valence electrons. The van der Waals surface area contributed by atoms with E-state index in [-0.39, 0.29) is 41.2 Å². The molecule has 30 heavy (non-hydrogen) atoms. The number of nitrogens with one attached hydrogen (secondary N) is 1. The smallest absolute Gasteiger partial charge is 0.271 e. The molecule has 1 aliphatic heterocycles. The molecule has 0 saturated carbocycles. The van der Waals surface area contributed by atoms with Crippen LogP contribution in [0.4, 0.5) is 11.4 Å². The van der Waals surface area contributed by atoms with Crippen LogP contribution in [0.3, 0.4) is 0 Å². The Labute approximate surface area is 174 Å². The molecule has 1 amide bonds. The lowest BCUT2D eigenvalue weighted by Crippen LogP contribution is -2.41. The SMILES string of the molecule is COc1ccc(C)cc1S(=O)(=O)N1CCC(C(=O)Nc2cccc([N+](=O)[O-])c2)CC1. The molecule has 3 rings (SSSR count). The molecule has 0 unspecified atom stereocenters. The Morgan fingerprint density at radius 3 is 2.53 bits per heavy atom. The number of anilines is 1. The number of benzene rings is 2. The Morgan fingerprint density at radius 1 is 1.20 bits per heavy atom. The van der Waals surface area contributed by atoms with Gasteiger partial charge >= 0.3 is 0 Å². The quantitative estimate of drug-likeness (QED) is 0.553. The van der Waals surface area contributed by atoms with E-state index in [0.717, 1.165) is 5.56 Å². The van der Waals surface area contributed by atoms with Crippen LogP contribution in [0.25, 0.3) is 0 Å². The van der Waals surface area contributed by atoms with Gasteiger partial charge in [0.25, 0.3) is 5.69 Å². The van der Waals surface area contributed by atoms with Gasteiger partial charge in [0.05, 0.1) is 12.0 Å². The molecule has 2 aromatic carbocycles. The molecule has 1 heterocycles. The molecule has 1 saturated heterocycles. The largest absolute Gasteiger partial charge is 0.495 e. The van der Waals surface area contributed by atoms with Crippen LogP contribution < -0.4 is 10.1 Å². The van der Waals surface area contributed by atoms with Crippen LogP contribution in [0.2, 0.25) is 0 Å². The fourth-order valence-electron chi connectivity index (χ4n) is 3.42. The third kappa shape index (κ3) is 4.60. The van der Waals surface area contributed by atoms with Crippen molar-refractivity contribution in [2.75, 3.05) is 25.5 Å². The highest BCUT2D eigenvalue weighted by Crippen LogP contribution is 2.31. The molecular weight excluding hydrogens is 410 g/mol. The zero-order valence-electron chi connectivity index (χ0n) is 16.7. The number of carbonyl (C=O) groups excluding carboxylic acids is 1. The normalized spacial score (nSPS) is 15.5. The van der Waals surface area contributed by atoms with Gasteiger partial charge in [0.2, 0.25) is 15.9 Å². The van der Waals surface area contributed by atoms with E-state index in [1.165, 1.54) is 29.6 Å². The monoisotopic (exact) mass is 433 g/mol. The van der Waals surface area contributed by atoms with E-state index in [0.29, 0.717) is 18.5 Å². The Balaban J connectivity index is 1.67. The first-order valence-electron chi connectivity index (χ1n) is 9.42. The summed E-state index contributed by atoms with van der Waals surface area (Å²) >= 11 is 0. The van der Waals surface area contributed by atoms with E-state index in [2.05, 4.69) is 5.32 Å². The summed E-state index contributed by atoms with van der Waals surface area (Å²) in [5, 5.41) is 13.6. The standard InChI is InChI=1S/C20H23N3O6S/c1-14-6-7-18(29-2)19(12-14)30(27,28)22-10-8-15(9-11-22)20(24)21-16-4-3-5-17(13-16)23(25)26/h3-7,12-13,15H,8-11H2,1-2H3,(H,21,24). The minimum atomic E-state index is -3.75. The van der Waals surface area contributed by atoms with Crippen molar-refractivity contribution in [1.29, 1.82) is 0 Å². The molecule has 0 radical (unpaired) electrons. The van der Waals surface area contributed by atoms with Crippen LogP contribution in [0.1, 0.15) is 18.4 Å². The minimum absolute atomic E-state index is 0.110. The highest BCUT2D eigenvalue weighted by atomic mass is 32.2. The number of non-ortho nitro benzene ring substituents is 1. The van der Waals surface area contributed by atoms with Gasteiger partial charge < -0.3 is 10.1 Å². The maximum absolute atomic E-state index is 13.1. The number of nitro benzene ring substituents is 1. The van der Waals surface area contributed by atoms with Gasteiger partial charge in [0.1, 0.15) is 10.6 Å². The number of piperidine rings is 1.